The summed E-state index contributed by atoms with van der Waals surface area (Å²) in [6, 6.07) is 0. The fraction of sp³-hybridized carbons (Fsp3) is 0.895. The number of ether oxygens (including phenoxy) is 2. The van der Waals surface area contributed by atoms with E-state index in [-0.39, 0.29) is 23.0 Å². The Morgan fingerprint density at radius 1 is 0.870 bits per heavy atom. The zero-order valence-corrected chi connectivity index (χ0v) is 16.8. The van der Waals surface area contributed by atoms with Crippen LogP contribution in [0.5, 0.6) is 0 Å². The van der Waals surface area contributed by atoms with Gasteiger partial charge < -0.3 is 9.47 Å². The first-order chi connectivity index (χ1) is 10.1. The predicted molar refractivity (Wildman–Crippen MR) is 93.1 cm³/mol. The van der Waals surface area contributed by atoms with Crippen molar-refractivity contribution < 1.29 is 19.1 Å². The molecule has 1 atom stereocenters. The van der Waals surface area contributed by atoms with Crippen molar-refractivity contribution in [2.24, 2.45) is 16.2 Å². The maximum Gasteiger partial charge on any atom is 0.314 e. The molecule has 1 unspecified atom stereocenters. The van der Waals surface area contributed by atoms with Crippen LogP contribution in [0.4, 0.5) is 0 Å². The Morgan fingerprint density at radius 2 is 1.35 bits per heavy atom. The number of Topliss-reactive ketones (excluding diaryl/α,β-unsaturated/α-hetero) is 1. The highest BCUT2D eigenvalue weighted by Gasteiger charge is 2.43. The highest BCUT2D eigenvalue weighted by atomic mass is 16.7. The molecular formula is C19H36O4. The molecule has 4 nitrogen and oxygen atoms in total. The summed E-state index contributed by atoms with van der Waals surface area (Å²) in [4.78, 5) is 24.7. The molecule has 0 aromatic rings. The molecule has 0 aliphatic heterocycles. The number of esters is 1. The van der Waals surface area contributed by atoms with Gasteiger partial charge in [-0.3, -0.25) is 9.59 Å². The average Bonchev–Trinajstić information content (AvgIpc) is 2.42. The van der Waals surface area contributed by atoms with E-state index < -0.39 is 17.2 Å². The standard InChI is InChI=1S/C19H36O4/c1-11-14(20)19(10,23-15(21)17(6,7)12-2)22-13-18(8,9)16(3,4)5/h11-13H2,1-10H3. The van der Waals surface area contributed by atoms with E-state index in [4.69, 9.17) is 9.47 Å². The van der Waals surface area contributed by atoms with Crippen LogP contribution in [0.1, 0.15) is 82.1 Å². The van der Waals surface area contributed by atoms with Crippen LogP contribution in [-0.2, 0) is 19.1 Å². The van der Waals surface area contributed by atoms with Crippen LogP contribution < -0.4 is 0 Å². The smallest absolute Gasteiger partial charge is 0.314 e. The van der Waals surface area contributed by atoms with Crippen LogP contribution in [0.25, 0.3) is 0 Å². The monoisotopic (exact) mass is 328 g/mol. The quantitative estimate of drug-likeness (QED) is 0.476. The Labute approximate surface area is 142 Å². The van der Waals surface area contributed by atoms with E-state index in [0.717, 1.165) is 0 Å². The van der Waals surface area contributed by atoms with Crippen molar-refractivity contribution in [1.82, 2.24) is 0 Å². The first-order valence-electron chi connectivity index (χ1n) is 8.53. The van der Waals surface area contributed by atoms with Gasteiger partial charge in [-0.25, -0.2) is 0 Å². The fourth-order valence-electron chi connectivity index (χ4n) is 1.48. The molecule has 0 N–H and O–H groups in total. The van der Waals surface area contributed by atoms with Crippen molar-refractivity contribution in [3.05, 3.63) is 0 Å². The minimum atomic E-state index is -1.53. The molecule has 4 heteroatoms. The summed E-state index contributed by atoms with van der Waals surface area (Å²) in [6.45, 7) is 19.7. The summed E-state index contributed by atoms with van der Waals surface area (Å²) in [5.41, 5.74) is -0.816. The second-order valence-electron chi connectivity index (χ2n) is 8.77. The van der Waals surface area contributed by atoms with Crippen molar-refractivity contribution in [3.8, 4) is 0 Å². The second-order valence-corrected chi connectivity index (χ2v) is 8.77. The zero-order valence-electron chi connectivity index (χ0n) is 16.8. The van der Waals surface area contributed by atoms with Gasteiger partial charge in [-0.05, 0) is 31.1 Å². The Morgan fingerprint density at radius 3 is 1.70 bits per heavy atom. The van der Waals surface area contributed by atoms with Gasteiger partial charge in [0.05, 0.1) is 12.0 Å². The van der Waals surface area contributed by atoms with Gasteiger partial charge in [-0.1, -0.05) is 48.5 Å². The third-order valence-corrected chi connectivity index (χ3v) is 5.29. The molecule has 0 radical (unpaired) electrons. The number of hydrogen-bond acceptors (Lipinski definition) is 4. The van der Waals surface area contributed by atoms with E-state index in [2.05, 4.69) is 34.6 Å². The lowest BCUT2D eigenvalue weighted by molar-refractivity contribution is -0.236. The fourth-order valence-corrected chi connectivity index (χ4v) is 1.48. The number of carbonyl (C=O) groups is 2. The van der Waals surface area contributed by atoms with Crippen molar-refractivity contribution in [3.63, 3.8) is 0 Å². The van der Waals surface area contributed by atoms with E-state index in [0.29, 0.717) is 13.0 Å². The van der Waals surface area contributed by atoms with Crippen LogP contribution in [0.2, 0.25) is 0 Å². The number of ketones is 1. The van der Waals surface area contributed by atoms with Crippen LogP contribution in [0.3, 0.4) is 0 Å². The Kier molecular flexibility index (Phi) is 7.04. The number of hydrogen-bond donors (Lipinski definition) is 0. The van der Waals surface area contributed by atoms with Crippen molar-refractivity contribution in [2.75, 3.05) is 6.61 Å². The molecular weight excluding hydrogens is 292 g/mol. The van der Waals surface area contributed by atoms with Gasteiger partial charge in [-0.15, -0.1) is 0 Å². The zero-order chi connectivity index (χ0) is 18.7. The minimum absolute atomic E-state index is 0.00410. The lowest BCUT2D eigenvalue weighted by atomic mass is 9.70. The molecule has 0 heterocycles. The van der Waals surface area contributed by atoms with E-state index in [9.17, 15) is 9.59 Å². The van der Waals surface area contributed by atoms with E-state index in [1.807, 2.05) is 20.8 Å². The lowest BCUT2D eigenvalue weighted by Crippen LogP contribution is -2.48. The van der Waals surface area contributed by atoms with Gasteiger partial charge >= 0.3 is 5.97 Å². The lowest BCUT2D eigenvalue weighted by Gasteiger charge is -2.41. The molecule has 0 aromatic heterocycles. The maximum atomic E-state index is 12.4. The molecule has 0 aromatic carbocycles. The maximum absolute atomic E-state index is 12.4. The van der Waals surface area contributed by atoms with Crippen LogP contribution in [0.15, 0.2) is 0 Å². The highest BCUT2D eigenvalue weighted by Crippen LogP contribution is 2.39. The summed E-state index contributed by atoms with van der Waals surface area (Å²) in [5, 5.41) is 0. The Bertz CT molecular complexity index is 429. The topological polar surface area (TPSA) is 52.6 Å². The third kappa shape index (κ3) is 5.59. The van der Waals surface area contributed by atoms with E-state index in [1.54, 1.807) is 13.8 Å². The van der Waals surface area contributed by atoms with E-state index in [1.165, 1.54) is 0 Å². The molecule has 136 valence electrons. The average molecular weight is 328 g/mol. The predicted octanol–water partition coefficient (Wildman–Crippen LogP) is 4.75. The van der Waals surface area contributed by atoms with Gasteiger partial charge in [0, 0.05) is 13.3 Å². The molecule has 0 rings (SSSR count). The van der Waals surface area contributed by atoms with Gasteiger partial charge in [0.1, 0.15) is 0 Å². The molecule has 0 bridgehead atoms. The molecule has 0 aliphatic carbocycles. The van der Waals surface area contributed by atoms with E-state index >= 15 is 0 Å². The summed E-state index contributed by atoms with van der Waals surface area (Å²) < 4.78 is 11.4. The summed E-state index contributed by atoms with van der Waals surface area (Å²) in [6.07, 6.45) is 0.891. The second kappa shape index (κ2) is 7.33. The first-order valence-corrected chi connectivity index (χ1v) is 8.53. The Hall–Kier alpha value is -0.900. The van der Waals surface area contributed by atoms with Gasteiger partial charge in [0.2, 0.25) is 5.78 Å². The highest BCUT2D eigenvalue weighted by molar-refractivity contribution is 5.88. The van der Waals surface area contributed by atoms with Gasteiger partial charge in [0.25, 0.3) is 5.79 Å². The molecule has 0 saturated heterocycles. The summed E-state index contributed by atoms with van der Waals surface area (Å²) in [5.74, 6) is -2.15. The normalized spacial score (nSPS) is 15.9. The van der Waals surface area contributed by atoms with Crippen molar-refractivity contribution in [1.29, 1.82) is 0 Å². The third-order valence-electron chi connectivity index (χ3n) is 5.29. The summed E-state index contributed by atoms with van der Waals surface area (Å²) in [7, 11) is 0. The molecule has 0 fully saturated rings. The number of rotatable bonds is 8. The number of carbonyl (C=O) groups excluding carboxylic acids is 2. The van der Waals surface area contributed by atoms with Crippen LogP contribution in [0, 0.1) is 16.2 Å². The molecule has 0 saturated carbocycles. The molecule has 23 heavy (non-hydrogen) atoms. The van der Waals surface area contributed by atoms with Crippen LogP contribution in [-0.4, -0.2) is 24.1 Å². The van der Waals surface area contributed by atoms with Crippen molar-refractivity contribution in [2.45, 2.75) is 87.9 Å². The Balaban J connectivity index is 5.30. The molecule has 0 spiro atoms. The first kappa shape index (κ1) is 22.1. The minimum Gasteiger partial charge on any atom is -0.425 e. The summed E-state index contributed by atoms with van der Waals surface area (Å²) >= 11 is 0. The van der Waals surface area contributed by atoms with Crippen molar-refractivity contribution >= 4 is 11.8 Å². The van der Waals surface area contributed by atoms with Gasteiger partial charge in [-0.2, -0.15) is 0 Å². The molecule has 0 aliphatic rings. The van der Waals surface area contributed by atoms with Gasteiger partial charge in [0.15, 0.2) is 0 Å². The largest absolute Gasteiger partial charge is 0.425 e. The molecule has 0 amide bonds. The SMILES string of the molecule is CCC(=O)C(C)(OCC(C)(C)C(C)(C)C)OC(=O)C(C)(C)CC. The van der Waals surface area contributed by atoms with Crippen LogP contribution >= 0.6 is 0 Å².